The molecule has 2 fully saturated rings. The second-order valence-electron chi connectivity index (χ2n) is 5.08. The van der Waals surface area contributed by atoms with Gasteiger partial charge in [0.25, 0.3) is 0 Å². The van der Waals surface area contributed by atoms with E-state index in [1.165, 1.54) is 19.3 Å². The van der Waals surface area contributed by atoms with E-state index in [2.05, 4.69) is 15.9 Å². The topological polar surface area (TPSA) is 35.5 Å². The molecular formula is C13H21BrO3. The van der Waals surface area contributed by atoms with Crippen molar-refractivity contribution in [1.82, 2.24) is 0 Å². The molecule has 0 aromatic heterocycles. The number of rotatable bonds is 6. The van der Waals surface area contributed by atoms with Crippen molar-refractivity contribution in [3.8, 4) is 0 Å². The summed E-state index contributed by atoms with van der Waals surface area (Å²) in [5.74, 6) is 0.863. The number of ether oxygens (including phenoxy) is 2. The van der Waals surface area contributed by atoms with Gasteiger partial charge in [-0.1, -0.05) is 28.8 Å². The fourth-order valence-electron chi connectivity index (χ4n) is 2.37. The molecule has 2 aliphatic carbocycles. The highest BCUT2D eigenvalue weighted by Gasteiger charge is 2.38. The standard InChI is InChI=1S/C13H21BrO3/c1-2-16-13(15)10-7-11(14)12(8-10)17-6-5-9-3-4-9/h9-12H,2-8H2,1H3. The van der Waals surface area contributed by atoms with Crippen LogP contribution in [0.4, 0.5) is 0 Å². The van der Waals surface area contributed by atoms with Gasteiger partial charge in [-0.15, -0.1) is 0 Å². The zero-order valence-corrected chi connectivity index (χ0v) is 11.9. The lowest BCUT2D eigenvalue weighted by Gasteiger charge is -2.14. The minimum Gasteiger partial charge on any atom is -0.466 e. The van der Waals surface area contributed by atoms with Crippen LogP contribution in [0.5, 0.6) is 0 Å². The van der Waals surface area contributed by atoms with Gasteiger partial charge >= 0.3 is 5.97 Å². The number of carbonyl (C=O) groups is 1. The predicted octanol–water partition coefficient (Wildman–Crippen LogP) is 2.91. The van der Waals surface area contributed by atoms with Crippen molar-refractivity contribution in [2.75, 3.05) is 13.2 Å². The minimum absolute atomic E-state index is 0.0187. The Kier molecular flexibility index (Phi) is 4.86. The molecule has 0 amide bonds. The van der Waals surface area contributed by atoms with E-state index >= 15 is 0 Å². The molecule has 0 saturated heterocycles. The molecule has 3 unspecified atom stereocenters. The third kappa shape index (κ3) is 3.95. The summed E-state index contributed by atoms with van der Waals surface area (Å²) in [5.41, 5.74) is 0. The Hall–Kier alpha value is -0.0900. The van der Waals surface area contributed by atoms with Crippen LogP contribution in [0.25, 0.3) is 0 Å². The van der Waals surface area contributed by atoms with Crippen LogP contribution < -0.4 is 0 Å². The first-order valence-electron chi connectivity index (χ1n) is 6.63. The average Bonchev–Trinajstić information content (AvgIpc) is 3.03. The second kappa shape index (κ2) is 6.19. The third-order valence-electron chi connectivity index (χ3n) is 3.60. The Balaban J connectivity index is 1.69. The van der Waals surface area contributed by atoms with Crippen molar-refractivity contribution in [2.45, 2.75) is 50.0 Å². The summed E-state index contributed by atoms with van der Waals surface area (Å²) in [6.07, 6.45) is 5.75. The van der Waals surface area contributed by atoms with Gasteiger partial charge < -0.3 is 9.47 Å². The van der Waals surface area contributed by atoms with Crippen molar-refractivity contribution in [2.24, 2.45) is 11.8 Å². The molecular weight excluding hydrogens is 284 g/mol. The first kappa shape index (κ1) is 13.3. The van der Waals surface area contributed by atoms with Crippen molar-refractivity contribution in [1.29, 1.82) is 0 Å². The van der Waals surface area contributed by atoms with E-state index in [4.69, 9.17) is 9.47 Å². The van der Waals surface area contributed by atoms with E-state index in [-0.39, 0.29) is 18.0 Å². The molecule has 3 nitrogen and oxygen atoms in total. The maximum Gasteiger partial charge on any atom is 0.309 e. The van der Waals surface area contributed by atoms with E-state index < -0.39 is 0 Å². The van der Waals surface area contributed by atoms with Gasteiger partial charge in [0.05, 0.1) is 18.6 Å². The van der Waals surface area contributed by atoms with Crippen LogP contribution in [0.3, 0.4) is 0 Å². The molecule has 0 aliphatic heterocycles. The summed E-state index contributed by atoms with van der Waals surface area (Å²) in [6.45, 7) is 3.16. The first-order valence-corrected chi connectivity index (χ1v) is 7.54. The van der Waals surface area contributed by atoms with Gasteiger partial charge in [-0.3, -0.25) is 4.79 Å². The zero-order valence-electron chi connectivity index (χ0n) is 10.4. The number of esters is 1. The average molecular weight is 305 g/mol. The first-order chi connectivity index (χ1) is 8.20. The van der Waals surface area contributed by atoms with Gasteiger partial charge in [-0.05, 0) is 32.1 Å². The Morgan fingerprint density at radius 1 is 1.35 bits per heavy atom. The largest absolute Gasteiger partial charge is 0.466 e. The van der Waals surface area contributed by atoms with Gasteiger partial charge in [-0.25, -0.2) is 0 Å². The van der Waals surface area contributed by atoms with E-state index in [9.17, 15) is 4.79 Å². The summed E-state index contributed by atoms with van der Waals surface area (Å²) in [4.78, 5) is 11.9. The fourth-order valence-corrected chi connectivity index (χ4v) is 3.19. The number of alkyl halides is 1. The molecule has 98 valence electrons. The van der Waals surface area contributed by atoms with Crippen LogP contribution in [0.2, 0.25) is 0 Å². The Labute approximate surface area is 111 Å². The molecule has 0 radical (unpaired) electrons. The SMILES string of the molecule is CCOC(=O)C1CC(Br)C(OCCC2CC2)C1. The van der Waals surface area contributed by atoms with Crippen LogP contribution in [-0.4, -0.2) is 30.1 Å². The second-order valence-corrected chi connectivity index (χ2v) is 6.25. The molecule has 3 atom stereocenters. The number of hydrogen-bond donors (Lipinski definition) is 0. The molecule has 0 spiro atoms. The molecule has 0 aromatic carbocycles. The minimum atomic E-state index is -0.0646. The molecule has 17 heavy (non-hydrogen) atoms. The Morgan fingerprint density at radius 3 is 2.76 bits per heavy atom. The van der Waals surface area contributed by atoms with Crippen molar-refractivity contribution in [3.05, 3.63) is 0 Å². The summed E-state index contributed by atoms with van der Waals surface area (Å²) in [6, 6.07) is 0. The van der Waals surface area contributed by atoms with E-state index in [0.717, 1.165) is 25.4 Å². The summed E-state index contributed by atoms with van der Waals surface area (Å²) in [7, 11) is 0. The van der Waals surface area contributed by atoms with Crippen molar-refractivity contribution in [3.63, 3.8) is 0 Å². The van der Waals surface area contributed by atoms with Gasteiger partial charge in [0, 0.05) is 11.4 Å². The van der Waals surface area contributed by atoms with Gasteiger partial charge in [0.2, 0.25) is 0 Å². The van der Waals surface area contributed by atoms with E-state index in [0.29, 0.717) is 11.4 Å². The van der Waals surface area contributed by atoms with Crippen LogP contribution in [-0.2, 0) is 14.3 Å². The smallest absolute Gasteiger partial charge is 0.309 e. The van der Waals surface area contributed by atoms with Crippen molar-refractivity contribution < 1.29 is 14.3 Å². The summed E-state index contributed by atoms with van der Waals surface area (Å²) >= 11 is 3.61. The quantitative estimate of drug-likeness (QED) is 0.559. The van der Waals surface area contributed by atoms with Crippen LogP contribution in [0.1, 0.15) is 39.0 Å². The fraction of sp³-hybridized carbons (Fsp3) is 0.923. The third-order valence-corrected chi connectivity index (χ3v) is 4.57. The summed E-state index contributed by atoms with van der Waals surface area (Å²) in [5, 5.41) is 0. The maximum atomic E-state index is 11.6. The van der Waals surface area contributed by atoms with Gasteiger partial charge in [-0.2, -0.15) is 0 Å². The molecule has 0 bridgehead atoms. The van der Waals surface area contributed by atoms with Gasteiger partial charge in [0.1, 0.15) is 0 Å². The lowest BCUT2D eigenvalue weighted by atomic mass is 10.1. The van der Waals surface area contributed by atoms with E-state index in [1.807, 2.05) is 6.92 Å². The number of hydrogen-bond acceptors (Lipinski definition) is 3. The van der Waals surface area contributed by atoms with Crippen molar-refractivity contribution >= 4 is 21.9 Å². The Morgan fingerprint density at radius 2 is 2.12 bits per heavy atom. The van der Waals surface area contributed by atoms with Crippen LogP contribution in [0.15, 0.2) is 0 Å². The highest BCUT2D eigenvalue weighted by atomic mass is 79.9. The lowest BCUT2D eigenvalue weighted by molar-refractivity contribution is -0.148. The monoisotopic (exact) mass is 304 g/mol. The molecule has 4 heteroatoms. The highest BCUT2D eigenvalue weighted by Crippen LogP contribution is 2.36. The molecule has 2 saturated carbocycles. The Bertz CT molecular complexity index is 265. The molecule has 0 N–H and O–H groups in total. The molecule has 0 aromatic rings. The van der Waals surface area contributed by atoms with E-state index in [1.54, 1.807) is 0 Å². The normalized spacial score (nSPS) is 32.7. The molecule has 2 rings (SSSR count). The lowest BCUT2D eigenvalue weighted by Crippen LogP contribution is -2.19. The molecule has 0 heterocycles. The number of carbonyl (C=O) groups excluding carboxylic acids is 1. The zero-order chi connectivity index (χ0) is 12.3. The molecule has 2 aliphatic rings. The van der Waals surface area contributed by atoms with Crippen LogP contribution in [0, 0.1) is 11.8 Å². The number of halogens is 1. The highest BCUT2D eigenvalue weighted by molar-refractivity contribution is 9.09. The summed E-state index contributed by atoms with van der Waals surface area (Å²) < 4.78 is 10.9. The maximum absolute atomic E-state index is 11.6. The predicted molar refractivity (Wildman–Crippen MR) is 69.2 cm³/mol. The van der Waals surface area contributed by atoms with Crippen LogP contribution >= 0.6 is 15.9 Å². The van der Waals surface area contributed by atoms with Gasteiger partial charge in [0.15, 0.2) is 0 Å².